The fourth-order valence-electron chi connectivity index (χ4n) is 11.4. The van der Waals surface area contributed by atoms with E-state index in [0.29, 0.717) is 12.8 Å². The molecule has 12 atom stereocenters. The van der Waals surface area contributed by atoms with Crippen molar-refractivity contribution in [2.24, 2.45) is 0 Å². The predicted molar refractivity (Wildman–Crippen MR) is 341 cm³/mol. The number of ether oxygens (including phenoxy) is 4. The number of aliphatic hydroxyl groups excluding tert-OH is 8. The molecule has 2 heterocycles. The molecule has 2 aliphatic rings. The van der Waals surface area contributed by atoms with Gasteiger partial charge in [-0.25, -0.2) is 0 Å². The molecule has 1 amide bonds. The average Bonchev–Trinajstić information content (AvgIpc) is 3.18. The van der Waals surface area contributed by atoms with E-state index in [9.17, 15) is 45.6 Å². The van der Waals surface area contributed by atoms with Gasteiger partial charge in [0.15, 0.2) is 12.6 Å². The van der Waals surface area contributed by atoms with E-state index in [1.807, 2.05) is 6.08 Å². The predicted octanol–water partition coefficient (Wildman–Crippen LogP) is 13.9. The number of hydrogen-bond donors (Lipinski definition) is 9. The van der Waals surface area contributed by atoms with Gasteiger partial charge < -0.3 is 65.1 Å². The fraction of sp³-hybridized carbons (Fsp3) is 0.871. The summed E-state index contributed by atoms with van der Waals surface area (Å²) >= 11 is 0. The van der Waals surface area contributed by atoms with E-state index < -0.39 is 86.8 Å². The molecule has 84 heavy (non-hydrogen) atoms. The Bertz CT molecular complexity index is 1590. The highest BCUT2D eigenvalue weighted by atomic mass is 16.7. The van der Waals surface area contributed by atoms with E-state index in [0.717, 1.165) is 44.9 Å². The number of allylic oxidation sites excluding steroid dienone is 7. The normalized spacial score (nSPS) is 23.9. The van der Waals surface area contributed by atoms with E-state index >= 15 is 0 Å². The summed E-state index contributed by atoms with van der Waals surface area (Å²) in [6.07, 6.45) is 54.6. The van der Waals surface area contributed by atoms with Gasteiger partial charge >= 0.3 is 0 Å². The van der Waals surface area contributed by atoms with Gasteiger partial charge in [-0.05, 0) is 70.6 Å². The molecule has 0 radical (unpaired) electrons. The van der Waals surface area contributed by atoms with E-state index in [4.69, 9.17) is 18.9 Å². The van der Waals surface area contributed by atoms with Crippen molar-refractivity contribution < 1.29 is 64.6 Å². The van der Waals surface area contributed by atoms with Crippen LogP contribution in [0.15, 0.2) is 48.6 Å². The Hall–Kier alpha value is -2.05. The van der Waals surface area contributed by atoms with Crippen LogP contribution in [0.3, 0.4) is 0 Å². The molecule has 0 aromatic carbocycles. The lowest BCUT2D eigenvalue weighted by molar-refractivity contribution is -0.359. The van der Waals surface area contributed by atoms with Crippen LogP contribution in [-0.2, 0) is 23.7 Å². The van der Waals surface area contributed by atoms with Crippen molar-refractivity contribution in [1.29, 1.82) is 0 Å². The molecule has 0 spiro atoms. The summed E-state index contributed by atoms with van der Waals surface area (Å²) in [5.74, 6) is -0.249. The first kappa shape index (κ1) is 78.0. The summed E-state index contributed by atoms with van der Waals surface area (Å²) in [7, 11) is 0. The van der Waals surface area contributed by atoms with Crippen LogP contribution in [0, 0.1) is 0 Å². The lowest BCUT2D eigenvalue weighted by Crippen LogP contribution is -2.65. The van der Waals surface area contributed by atoms with Gasteiger partial charge in [0.1, 0.15) is 48.8 Å². The number of rotatable bonds is 57. The maximum atomic E-state index is 13.3. The first-order valence-corrected chi connectivity index (χ1v) is 34.9. The van der Waals surface area contributed by atoms with E-state index in [-0.39, 0.29) is 18.9 Å². The molecule has 2 rings (SSSR count). The second-order valence-electron chi connectivity index (χ2n) is 24.6. The lowest BCUT2D eigenvalue weighted by Gasteiger charge is -2.46. The third kappa shape index (κ3) is 39.1. The average molecular weight is 1190 g/mol. The van der Waals surface area contributed by atoms with Gasteiger partial charge in [-0.15, -0.1) is 0 Å². The zero-order valence-corrected chi connectivity index (χ0v) is 53.4. The Morgan fingerprint density at radius 1 is 0.417 bits per heavy atom. The molecule has 9 N–H and O–H groups in total. The molecule has 2 fully saturated rings. The molecule has 14 nitrogen and oxygen atoms in total. The monoisotopic (exact) mass is 1190 g/mol. The molecule has 0 aromatic rings. The SMILES string of the molecule is CCCCCCCCCC/C=C\CCCCCCCCCCCCCCCCCCCCCC(=O)NC(COC1OC(CO)C(OC2OC(CO)C(O)C(O)C2O)C(O)C1O)C(O)/C=C/CC/C=C/CC/C=C/CCCCCCCCCCC. The molecule has 2 saturated heterocycles. The van der Waals surface area contributed by atoms with E-state index in [1.54, 1.807) is 6.08 Å². The van der Waals surface area contributed by atoms with Crippen LogP contribution in [-0.4, -0.2) is 140 Å². The zero-order valence-electron chi connectivity index (χ0n) is 53.4. The van der Waals surface area contributed by atoms with Crippen LogP contribution in [0.1, 0.15) is 296 Å². The maximum Gasteiger partial charge on any atom is 0.220 e. The Balaban J connectivity index is 1.67. The molecule has 0 aromatic heterocycles. The Morgan fingerprint density at radius 2 is 0.762 bits per heavy atom. The molecule has 492 valence electrons. The van der Waals surface area contributed by atoms with Crippen LogP contribution in [0.5, 0.6) is 0 Å². The highest BCUT2D eigenvalue weighted by molar-refractivity contribution is 5.76. The summed E-state index contributed by atoms with van der Waals surface area (Å²) in [4.78, 5) is 13.3. The highest BCUT2D eigenvalue weighted by Crippen LogP contribution is 2.30. The van der Waals surface area contributed by atoms with Crippen LogP contribution >= 0.6 is 0 Å². The summed E-state index contributed by atoms with van der Waals surface area (Å²) in [6.45, 7) is 2.80. The minimum absolute atomic E-state index is 0.249. The van der Waals surface area contributed by atoms with Crippen molar-refractivity contribution in [2.45, 2.75) is 370 Å². The molecule has 2 aliphatic heterocycles. The van der Waals surface area contributed by atoms with Gasteiger partial charge in [-0.2, -0.15) is 0 Å². The Kier molecular flexibility index (Phi) is 51.1. The number of carbonyl (C=O) groups excluding carboxylic acids is 1. The standard InChI is InChI=1S/C70H129NO13/c1-3-5-7-9-11-13-15-17-19-21-23-24-25-26-27-28-29-30-31-32-33-34-36-38-40-42-44-46-48-50-52-54-62(75)71-58(59(74)53-51-49-47-45-43-41-39-37-35-22-20-18-16-14-12-10-8-6-4-2)57-81-69-67(80)65(78)68(61(56-73)83-69)84-70-66(79)64(77)63(76)60(55-72)82-70/h21,23,35,37,43,45,51,53,58-61,63-70,72-74,76-80H,3-20,22,24-34,36,38-42,44,46-50,52,54-57H2,1-2H3,(H,71,75)/b23-21-,37-35+,45-43+,53-51+. The minimum atomic E-state index is -1.79. The molecular formula is C70H129NO13. The molecule has 0 saturated carbocycles. The summed E-state index contributed by atoms with van der Waals surface area (Å²) in [5, 5.41) is 87.3. The smallest absolute Gasteiger partial charge is 0.220 e. The molecule has 12 unspecified atom stereocenters. The van der Waals surface area contributed by atoms with Crippen molar-refractivity contribution in [2.75, 3.05) is 19.8 Å². The van der Waals surface area contributed by atoms with Crippen molar-refractivity contribution in [3.8, 4) is 0 Å². The molecule has 0 bridgehead atoms. The van der Waals surface area contributed by atoms with Gasteiger partial charge in [-0.3, -0.25) is 4.79 Å². The van der Waals surface area contributed by atoms with Crippen molar-refractivity contribution in [3.63, 3.8) is 0 Å². The van der Waals surface area contributed by atoms with Gasteiger partial charge in [0, 0.05) is 6.42 Å². The number of hydrogen-bond acceptors (Lipinski definition) is 13. The highest BCUT2D eigenvalue weighted by Gasteiger charge is 2.51. The van der Waals surface area contributed by atoms with E-state index in [1.165, 1.54) is 218 Å². The third-order valence-corrected chi connectivity index (χ3v) is 17.0. The third-order valence-electron chi connectivity index (χ3n) is 17.0. The molecule has 14 heteroatoms. The van der Waals surface area contributed by atoms with Crippen LogP contribution in [0.4, 0.5) is 0 Å². The number of carbonyl (C=O) groups is 1. The number of nitrogens with one attached hydrogen (secondary N) is 1. The topological polar surface area (TPSA) is 228 Å². The van der Waals surface area contributed by atoms with E-state index in [2.05, 4.69) is 55.6 Å². The largest absolute Gasteiger partial charge is 0.394 e. The number of aliphatic hydroxyl groups is 8. The van der Waals surface area contributed by atoms with Crippen molar-refractivity contribution >= 4 is 5.91 Å². The zero-order chi connectivity index (χ0) is 60.9. The van der Waals surface area contributed by atoms with Crippen LogP contribution < -0.4 is 5.32 Å². The Labute approximate surface area is 512 Å². The minimum Gasteiger partial charge on any atom is -0.394 e. The second-order valence-corrected chi connectivity index (χ2v) is 24.6. The van der Waals surface area contributed by atoms with Crippen molar-refractivity contribution in [1.82, 2.24) is 5.32 Å². The molecular weight excluding hydrogens is 1060 g/mol. The van der Waals surface area contributed by atoms with Gasteiger partial charge in [-0.1, -0.05) is 268 Å². The van der Waals surface area contributed by atoms with Crippen LogP contribution in [0.25, 0.3) is 0 Å². The summed E-state index contributed by atoms with van der Waals surface area (Å²) in [5.41, 5.74) is 0. The number of unbranched alkanes of at least 4 members (excludes halogenated alkanes) is 38. The quantitative estimate of drug-likeness (QED) is 0.0204. The fourth-order valence-corrected chi connectivity index (χ4v) is 11.4. The van der Waals surface area contributed by atoms with Gasteiger partial charge in [0.05, 0.1) is 32.0 Å². The maximum absolute atomic E-state index is 13.3. The summed E-state index contributed by atoms with van der Waals surface area (Å²) in [6, 6.07) is -0.938. The first-order chi connectivity index (χ1) is 41.1. The first-order valence-electron chi connectivity index (χ1n) is 34.9. The van der Waals surface area contributed by atoms with Crippen LogP contribution in [0.2, 0.25) is 0 Å². The van der Waals surface area contributed by atoms with Gasteiger partial charge in [0.2, 0.25) is 5.91 Å². The van der Waals surface area contributed by atoms with Gasteiger partial charge in [0.25, 0.3) is 0 Å². The number of amides is 1. The lowest BCUT2D eigenvalue weighted by atomic mass is 9.97. The summed E-state index contributed by atoms with van der Waals surface area (Å²) < 4.78 is 22.8. The van der Waals surface area contributed by atoms with Crippen molar-refractivity contribution in [3.05, 3.63) is 48.6 Å². The second kappa shape index (κ2) is 55.1. The Morgan fingerprint density at radius 3 is 1.17 bits per heavy atom. The molecule has 0 aliphatic carbocycles.